The number of nitrogens with zero attached hydrogens (tertiary/aromatic N) is 2. The van der Waals surface area contributed by atoms with E-state index in [1.807, 2.05) is 5.38 Å². The smallest absolute Gasteiger partial charge is 0.304 e. The molecule has 0 aromatic carbocycles. The third-order valence-electron chi connectivity index (χ3n) is 4.01. The average Bonchev–Trinajstić information content (AvgIpc) is 2.88. The standard InChI is InChI=1S/C12H19N3OS/c1-9-5-14-4-2-3-11(14)7-15(9)6-10-8-17-12(16)13-10/h8-9,11H,2-7H2,1H3,(H,13,16). The number of hydrogen-bond donors (Lipinski definition) is 1. The largest absolute Gasteiger partial charge is 0.315 e. The Hall–Kier alpha value is -0.650. The van der Waals surface area contributed by atoms with Gasteiger partial charge in [0.15, 0.2) is 0 Å². The third kappa shape index (κ3) is 2.32. The Labute approximate surface area is 105 Å². The molecule has 3 heterocycles. The Morgan fingerprint density at radius 3 is 3.18 bits per heavy atom. The number of piperazine rings is 1. The molecule has 0 spiro atoms. The minimum atomic E-state index is 0.0622. The molecular weight excluding hydrogens is 234 g/mol. The van der Waals surface area contributed by atoms with Gasteiger partial charge < -0.3 is 4.98 Å². The summed E-state index contributed by atoms with van der Waals surface area (Å²) in [4.78, 5) is 19.2. The van der Waals surface area contributed by atoms with Crippen LogP contribution >= 0.6 is 11.3 Å². The van der Waals surface area contributed by atoms with Crippen LogP contribution in [0.2, 0.25) is 0 Å². The van der Waals surface area contributed by atoms with Crippen LogP contribution in [0, 0.1) is 0 Å². The van der Waals surface area contributed by atoms with Crippen LogP contribution in [0.4, 0.5) is 0 Å². The predicted octanol–water partition coefficient (Wildman–Crippen LogP) is 1.10. The molecule has 0 aliphatic carbocycles. The maximum absolute atomic E-state index is 11.1. The van der Waals surface area contributed by atoms with E-state index in [-0.39, 0.29) is 4.87 Å². The zero-order chi connectivity index (χ0) is 11.8. The lowest BCUT2D eigenvalue weighted by Crippen LogP contribution is -2.54. The molecule has 0 radical (unpaired) electrons. The number of aromatic nitrogens is 1. The number of rotatable bonds is 2. The number of H-pyrrole nitrogens is 1. The van der Waals surface area contributed by atoms with Crippen molar-refractivity contribution in [3.63, 3.8) is 0 Å². The Morgan fingerprint density at radius 1 is 1.53 bits per heavy atom. The average molecular weight is 253 g/mol. The Bertz CT molecular complexity index is 441. The van der Waals surface area contributed by atoms with Gasteiger partial charge in [-0.3, -0.25) is 14.6 Å². The van der Waals surface area contributed by atoms with Crippen LogP contribution in [-0.2, 0) is 6.54 Å². The predicted molar refractivity (Wildman–Crippen MR) is 69.4 cm³/mol. The summed E-state index contributed by atoms with van der Waals surface area (Å²) in [5, 5.41) is 1.95. The van der Waals surface area contributed by atoms with Crippen molar-refractivity contribution in [3.8, 4) is 0 Å². The molecule has 1 aromatic rings. The number of thiazole rings is 1. The minimum Gasteiger partial charge on any atom is -0.315 e. The van der Waals surface area contributed by atoms with Gasteiger partial charge in [0.2, 0.25) is 0 Å². The van der Waals surface area contributed by atoms with Gasteiger partial charge in [0.25, 0.3) is 0 Å². The van der Waals surface area contributed by atoms with Gasteiger partial charge in [-0.2, -0.15) is 0 Å². The number of aromatic amines is 1. The fraction of sp³-hybridized carbons (Fsp3) is 0.750. The summed E-state index contributed by atoms with van der Waals surface area (Å²) in [6.45, 7) is 6.79. The van der Waals surface area contributed by atoms with Gasteiger partial charge in [-0.1, -0.05) is 11.3 Å². The van der Waals surface area contributed by atoms with E-state index >= 15 is 0 Å². The van der Waals surface area contributed by atoms with Gasteiger partial charge in [0, 0.05) is 42.8 Å². The zero-order valence-electron chi connectivity index (χ0n) is 10.2. The molecule has 17 heavy (non-hydrogen) atoms. The van der Waals surface area contributed by atoms with Crippen molar-refractivity contribution in [2.45, 2.75) is 38.4 Å². The summed E-state index contributed by atoms with van der Waals surface area (Å²) in [5.41, 5.74) is 1.07. The van der Waals surface area contributed by atoms with Gasteiger partial charge in [-0.25, -0.2) is 0 Å². The first-order valence-electron chi connectivity index (χ1n) is 6.37. The molecular formula is C12H19N3OS. The maximum Gasteiger partial charge on any atom is 0.304 e. The van der Waals surface area contributed by atoms with Crippen LogP contribution < -0.4 is 4.87 Å². The fourth-order valence-corrected chi connectivity index (χ4v) is 3.65. The van der Waals surface area contributed by atoms with Crippen molar-refractivity contribution in [3.05, 3.63) is 20.7 Å². The van der Waals surface area contributed by atoms with Crippen molar-refractivity contribution in [2.24, 2.45) is 0 Å². The number of fused-ring (bicyclic) bond motifs is 1. The lowest BCUT2D eigenvalue weighted by Gasteiger charge is -2.42. The second-order valence-electron chi connectivity index (χ2n) is 5.24. The monoisotopic (exact) mass is 253 g/mol. The second-order valence-corrected chi connectivity index (χ2v) is 6.09. The highest BCUT2D eigenvalue weighted by Gasteiger charge is 2.34. The maximum atomic E-state index is 11.1. The van der Waals surface area contributed by atoms with E-state index in [1.165, 1.54) is 37.3 Å². The van der Waals surface area contributed by atoms with Crippen LogP contribution in [-0.4, -0.2) is 46.5 Å². The van der Waals surface area contributed by atoms with E-state index in [0.29, 0.717) is 6.04 Å². The molecule has 1 aromatic heterocycles. The van der Waals surface area contributed by atoms with Crippen molar-refractivity contribution < 1.29 is 0 Å². The summed E-state index contributed by atoms with van der Waals surface area (Å²) in [5.74, 6) is 0. The van der Waals surface area contributed by atoms with Crippen LogP contribution in [0.1, 0.15) is 25.5 Å². The minimum absolute atomic E-state index is 0.0622. The number of nitrogens with one attached hydrogen (secondary N) is 1. The van der Waals surface area contributed by atoms with Crippen LogP contribution in [0.3, 0.4) is 0 Å². The van der Waals surface area contributed by atoms with E-state index in [0.717, 1.165) is 24.8 Å². The van der Waals surface area contributed by atoms with E-state index in [1.54, 1.807) is 0 Å². The van der Waals surface area contributed by atoms with Gasteiger partial charge in [0.1, 0.15) is 0 Å². The van der Waals surface area contributed by atoms with Crippen LogP contribution in [0.5, 0.6) is 0 Å². The topological polar surface area (TPSA) is 39.3 Å². The molecule has 1 N–H and O–H groups in total. The lowest BCUT2D eigenvalue weighted by atomic mass is 10.1. The molecule has 0 amide bonds. The third-order valence-corrected chi connectivity index (χ3v) is 4.73. The first kappa shape index (κ1) is 11.4. The van der Waals surface area contributed by atoms with Gasteiger partial charge in [-0.05, 0) is 26.3 Å². The fourth-order valence-electron chi connectivity index (χ4n) is 3.08. The van der Waals surface area contributed by atoms with Crippen molar-refractivity contribution in [2.75, 3.05) is 19.6 Å². The highest BCUT2D eigenvalue weighted by atomic mass is 32.1. The van der Waals surface area contributed by atoms with Crippen molar-refractivity contribution in [1.29, 1.82) is 0 Å². The quantitative estimate of drug-likeness (QED) is 0.858. The van der Waals surface area contributed by atoms with E-state index in [2.05, 4.69) is 21.7 Å². The van der Waals surface area contributed by atoms with Gasteiger partial charge >= 0.3 is 4.87 Å². The molecule has 2 aliphatic heterocycles. The van der Waals surface area contributed by atoms with Crippen molar-refractivity contribution in [1.82, 2.24) is 14.8 Å². The first-order chi connectivity index (χ1) is 8.22. The number of hydrogen-bond acceptors (Lipinski definition) is 4. The van der Waals surface area contributed by atoms with Gasteiger partial charge in [-0.15, -0.1) is 0 Å². The van der Waals surface area contributed by atoms with Gasteiger partial charge in [0.05, 0.1) is 0 Å². The Kier molecular flexibility index (Phi) is 3.06. The molecule has 3 rings (SSSR count). The SMILES string of the molecule is CC1CN2CCCC2CN1Cc1csc(=O)[nH]1. The molecule has 2 saturated heterocycles. The molecule has 5 heteroatoms. The molecule has 2 unspecified atom stereocenters. The highest BCUT2D eigenvalue weighted by molar-refractivity contribution is 7.07. The van der Waals surface area contributed by atoms with Crippen LogP contribution in [0.15, 0.2) is 10.2 Å². The molecule has 2 fully saturated rings. The molecule has 94 valence electrons. The summed E-state index contributed by atoms with van der Waals surface area (Å²) in [7, 11) is 0. The van der Waals surface area contributed by atoms with E-state index < -0.39 is 0 Å². The highest BCUT2D eigenvalue weighted by Crippen LogP contribution is 2.25. The van der Waals surface area contributed by atoms with E-state index in [4.69, 9.17) is 0 Å². The molecule has 0 bridgehead atoms. The lowest BCUT2D eigenvalue weighted by molar-refractivity contribution is 0.0533. The summed E-state index contributed by atoms with van der Waals surface area (Å²) >= 11 is 1.27. The summed E-state index contributed by atoms with van der Waals surface area (Å²) in [6, 6.07) is 1.34. The zero-order valence-corrected chi connectivity index (χ0v) is 11.0. The Balaban J connectivity index is 1.68. The molecule has 2 aliphatic rings. The normalized spacial score (nSPS) is 30.6. The molecule has 2 atom stereocenters. The van der Waals surface area contributed by atoms with Crippen molar-refractivity contribution >= 4 is 11.3 Å². The summed E-state index contributed by atoms with van der Waals surface area (Å²) < 4.78 is 0. The van der Waals surface area contributed by atoms with E-state index in [9.17, 15) is 4.79 Å². The molecule has 4 nitrogen and oxygen atoms in total. The first-order valence-corrected chi connectivity index (χ1v) is 7.25. The Morgan fingerprint density at radius 2 is 2.41 bits per heavy atom. The molecule has 0 saturated carbocycles. The second kappa shape index (κ2) is 4.55. The van der Waals surface area contributed by atoms with Crippen LogP contribution in [0.25, 0.3) is 0 Å². The summed E-state index contributed by atoms with van der Waals surface area (Å²) in [6.07, 6.45) is 2.68.